The van der Waals surface area contributed by atoms with Crippen LogP contribution in [0.3, 0.4) is 0 Å². The molecule has 1 atom stereocenters. The van der Waals surface area contributed by atoms with E-state index >= 15 is 0 Å². The third kappa shape index (κ3) is 1.63. The molecule has 0 saturated carbocycles. The van der Waals surface area contributed by atoms with Gasteiger partial charge in [-0.3, -0.25) is 0 Å². The van der Waals surface area contributed by atoms with Crippen molar-refractivity contribution in [3.8, 4) is 0 Å². The van der Waals surface area contributed by atoms with Crippen LogP contribution in [-0.4, -0.2) is 41.5 Å². The van der Waals surface area contributed by atoms with Crippen molar-refractivity contribution in [2.75, 3.05) is 0 Å². The summed E-state index contributed by atoms with van der Waals surface area (Å²) in [7, 11) is 8.14. The van der Waals surface area contributed by atoms with Crippen molar-refractivity contribution in [3.05, 3.63) is 0 Å². The topological polar surface area (TPSA) is 12.0 Å². The van der Waals surface area contributed by atoms with Crippen molar-refractivity contribution < 1.29 is 0 Å². The summed E-state index contributed by atoms with van der Waals surface area (Å²) < 4.78 is 0. The molecule has 1 aliphatic heterocycles. The van der Waals surface area contributed by atoms with Crippen LogP contribution in [0.15, 0.2) is 0 Å². The molecule has 0 aromatic rings. The first-order chi connectivity index (χ1) is 4.47. The molecule has 52 valence electrons. The van der Waals surface area contributed by atoms with Gasteiger partial charge in [0.2, 0.25) is 0 Å². The van der Waals surface area contributed by atoms with Crippen molar-refractivity contribution in [2.45, 2.75) is 30.3 Å². The molecule has 1 saturated heterocycles. The van der Waals surface area contributed by atoms with Gasteiger partial charge < -0.3 is 5.32 Å². The maximum atomic E-state index is 3.66. The van der Waals surface area contributed by atoms with Gasteiger partial charge in [-0.2, -0.15) is 0 Å². The third-order valence-corrected chi connectivity index (χ3v) is 2.72. The SMILES string of the molecule is BC1(B)CCC(B)(BC)N1. The molecular weight excluding hydrogens is 117 g/mol. The predicted octanol–water partition coefficient (Wildman–Crippen LogP) is -2.94. The van der Waals surface area contributed by atoms with Gasteiger partial charge in [0, 0.05) is 0 Å². The molecule has 0 spiro atoms. The molecule has 5 heteroatoms. The highest BCUT2D eigenvalue weighted by molar-refractivity contribution is 6.54. The summed E-state index contributed by atoms with van der Waals surface area (Å²) in [6.07, 6.45) is 2.65. The molecule has 0 bridgehead atoms. The third-order valence-electron chi connectivity index (χ3n) is 2.72. The standard InChI is InChI=1S/C5H15B4N/c1-9-5(8)3-2-4(6,7)10-5/h9-10H,2-3,6-8H2,1H3. The maximum absolute atomic E-state index is 3.66. The van der Waals surface area contributed by atoms with Crippen LogP contribution in [0.25, 0.3) is 0 Å². The zero-order valence-electron chi connectivity index (χ0n) is 7.62. The number of hydrogen-bond donors (Lipinski definition) is 1. The fourth-order valence-corrected chi connectivity index (χ4v) is 1.80. The summed E-state index contributed by atoms with van der Waals surface area (Å²) in [6.45, 7) is 2.26. The van der Waals surface area contributed by atoms with Crippen LogP contribution < -0.4 is 5.32 Å². The van der Waals surface area contributed by atoms with Crippen molar-refractivity contribution in [1.82, 2.24) is 5.32 Å². The summed E-state index contributed by atoms with van der Waals surface area (Å²) in [5, 5.41) is 4.46. The van der Waals surface area contributed by atoms with Crippen molar-refractivity contribution >= 4 is 30.8 Å². The summed E-state index contributed by atoms with van der Waals surface area (Å²) in [5.41, 5.74) is 0. The molecule has 1 N–H and O–H groups in total. The first-order valence-electron chi connectivity index (χ1n) is 4.27. The highest BCUT2D eigenvalue weighted by Crippen LogP contribution is 2.23. The monoisotopic (exact) mass is 133 g/mol. The summed E-state index contributed by atoms with van der Waals surface area (Å²) in [5.74, 6) is 0. The molecule has 0 aromatic heterocycles. The molecule has 0 radical (unpaired) electrons. The Labute approximate surface area is 67.2 Å². The lowest BCUT2D eigenvalue weighted by Crippen LogP contribution is -2.54. The molecule has 1 fully saturated rings. The Balaban J connectivity index is 2.57. The number of hydrogen-bond acceptors (Lipinski definition) is 1. The van der Waals surface area contributed by atoms with E-state index < -0.39 is 0 Å². The minimum Gasteiger partial charge on any atom is -0.336 e. The highest BCUT2D eigenvalue weighted by atomic mass is 15.0. The Hall–Kier alpha value is 0.220. The van der Waals surface area contributed by atoms with Gasteiger partial charge in [-0.25, -0.2) is 0 Å². The first-order valence-corrected chi connectivity index (χ1v) is 4.27. The lowest BCUT2D eigenvalue weighted by Gasteiger charge is -2.27. The molecule has 10 heavy (non-hydrogen) atoms. The smallest absolute Gasteiger partial charge is 0.132 e. The molecule has 1 rings (SSSR count). The van der Waals surface area contributed by atoms with Crippen LogP contribution in [0, 0.1) is 0 Å². The van der Waals surface area contributed by atoms with E-state index in [1.165, 1.54) is 20.1 Å². The van der Waals surface area contributed by atoms with Gasteiger partial charge in [-0.05, 0) is 23.5 Å². The zero-order chi connectivity index (χ0) is 7.83. The van der Waals surface area contributed by atoms with Crippen LogP contribution >= 0.6 is 0 Å². The minimum absolute atomic E-state index is 0.380. The van der Waals surface area contributed by atoms with E-state index in [4.69, 9.17) is 0 Å². The van der Waals surface area contributed by atoms with Gasteiger partial charge in [-0.15, -0.1) is 0 Å². The molecule has 1 heterocycles. The molecule has 0 amide bonds. The molecule has 1 aliphatic rings. The second kappa shape index (κ2) is 2.37. The van der Waals surface area contributed by atoms with Crippen LogP contribution in [0.1, 0.15) is 12.8 Å². The van der Waals surface area contributed by atoms with Gasteiger partial charge in [0.15, 0.2) is 0 Å². The Morgan fingerprint density at radius 2 is 1.90 bits per heavy atom. The largest absolute Gasteiger partial charge is 0.336 e. The van der Waals surface area contributed by atoms with Gasteiger partial charge >= 0.3 is 0 Å². The Morgan fingerprint density at radius 3 is 2.10 bits per heavy atom. The summed E-state index contributed by atoms with van der Waals surface area (Å²) in [4.78, 5) is 0. The number of rotatable bonds is 1. The van der Waals surface area contributed by atoms with E-state index in [9.17, 15) is 0 Å². The fourth-order valence-electron chi connectivity index (χ4n) is 1.80. The quantitative estimate of drug-likeness (QED) is 0.377. The van der Waals surface area contributed by atoms with Crippen molar-refractivity contribution in [1.29, 1.82) is 0 Å². The van der Waals surface area contributed by atoms with E-state index in [2.05, 4.69) is 35.7 Å². The minimum atomic E-state index is 0.380. The van der Waals surface area contributed by atoms with Crippen LogP contribution in [-0.2, 0) is 0 Å². The molecule has 0 aromatic carbocycles. The average Bonchev–Trinajstić information content (AvgIpc) is 2.08. The van der Waals surface area contributed by atoms with Crippen LogP contribution in [0.2, 0.25) is 6.82 Å². The highest BCUT2D eigenvalue weighted by Gasteiger charge is 2.36. The molecular formula is C5H15B4N. The maximum Gasteiger partial charge on any atom is 0.132 e. The van der Waals surface area contributed by atoms with Gasteiger partial charge in [0.1, 0.15) is 30.8 Å². The summed E-state index contributed by atoms with van der Waals surface area (Å²) >= 11 is 0. The van der Waals surface area contributed by atoms with Crippen molar-refractivity contribution in [2.24, 2.45) is 0 Å². The normalized spacial score (nSPS) is 37.7. The zero-order valence-corrected chi connectivity index (χ0v) is 7.62. The second-order valence-corrected chi connectivity index (χ2v) is 4.42. The molecule has 1 nitrogen and oxygen atoms in total. The van der Waals surface area contributed by atoms with Crippen LogP contribution in [0.5, 0.6) is 0 Å². The van der Waals surface area contributed by atoms with Gasteiger partial charge in [0.25, 0.3) is 0 Å². The lowest BCUT2D eigenvalue weighted by atomic mass is 9.49. The summed E-state index contributed by atoms with van der Waals surface area (Å²) in [6, 6.07) is 0. The van der Waals surface area contributed by atoms with Crippen LogP contribution in [0.4, 0.5) is 0 Å². The van der Waals surface area contributed by atoms with E-state index in [0.717, 1.165) is 0 Å². The van der Waals surface area contributed by atoms with E-state index in [1.54, 1.807) is 0 Å². The molecule has 0 aliphatic carbocycles. The van der Waals surface area contributed by atoms with Crippen molar-refractivity contribution in [3.63, 3.8) is 0 Å². The fraction of sp³-hybridized carbons (Fsp3) is 1.00. The lowest BCUT2D eigenvalue weighted by molar-refractivity contribution is 0.658. The van der Waals surface area contributed by atoms with Gasteiger partial charge in [0.05, 0.1) is 0 Å². The van der Waals surface area contributed by atoms with E-state index in [0.29, 0.717) is 10.7 Å². The van der Waals surface area contributed by atoms with Gasteiger partial charge in [-0.1, -0.05) is 6.82 Å². The Kier molecular flexibility index (Phi) is 1.97. The first kappa shape index (κ1) is 8.32. The number of nitrogens with one attached hydrogen (secondary N) is 1. The molecule has 1 unspecified atom stereocenters. The van der Waals surface area contributed by atoms with E-state index in [-0.39, 0.29) is 0 Å². The second-order valence-electron chi connectivity index (χ2n) is 4.42. The predicted molar refractivity (Wildman–Crippen MR) is 56.5 cm³/mol. The Bertz CT molecular complexity index is 138. The van der Waals surface area contributed by atoms with E-state index in [1.807, 2.05) is 0 Å². The average molecular weight is 132 g/mol. The Morgan fingerprint density at radius 1 is 1.30 bits per heavy atom.